The third-order valence-corrected chi connectivity index (χ3v) is 4.13. The third-order valence-electron chi connectivity index (χ3n) is 3.88. The highest BCUT2D eigenvalue weighted by molar-refractivity contribution is 6.33. The molecular formula is C18H13ClF2N2O3. The molecule has 1 aromatic carbocycles. The van der Waals surface area contributed by atoms with Crippen LogP contribution in [0.2, 0.25) is 0 Å². The molecule has 3 rings (SSSR count). The van der Waals surface area contributed by atoms with Crippen molar-refractivity contribution in [3.8, 4) is 0 Å². The summed E-state index contributed by atoms with van der Waals surface area (Å²) >= 11 is 6.03. The summed E-state index contributed by atoms with van der Waals surface area (Å²) < 4.78 is 31.4. The summed E-state index contributed by atoms with van der Waals surface area (Å²) in [4.78, 5) is 28.2. The second-order valence-corrected chi connectivity index (χ2v) is 6.05. The number of nitrogens with one attached hydrogen (secondary N) is 1. The number of allylic oxidation sites excluding steroid dienone is 4. The summed E-state index contributed by atoms with van der Waals surface area (Å²) in [6.07, 6.45) is 4.76. The van der Waals surface area contributed by atoms with E-state index in [-0.39, 0.29) is 17.8 Å². The Morgan fingerprint density at radius 1 is 1.27 bits per heavy atom. The van der Waals surface area contributed by atoms with Gasteiger partial charge in [0.15, 0.2) is 0 Å². The summed E-state index contributed by atoms with van der Waals surface area (Å²) in [5.74, 6) is -3.64. The molecule has 0 bridgehead atoms. The number of dihydropyridines is 1. The molecule has 26 heavy (non-hydrogen) atoms. The lowest BCUT2D eigenvalue weighted by Crippen LogP contribution is -2.35. The number of nitrogens with zero attached hydrogens (tertiary/aromatic N) is 1. The third kappa shape index (κ3) is 3.57. The van der Waals surface area contributed by atoms with Crippen LogP contribution in [-0.2, 0) is 20.9 Å². The molecule has 0 aromatic heterocycles. The minimum atomic E-state index is -0.857. The first-order chi connectivity index (χ1) is 12.4. The van der Waals surface area contributed by atoms with E-state index in [0.29, 0.717) is 16.3 Å². The van der Waals surface area contributed by atoms with E-state index in [1.165, 1.54) is 0 Å². The molecule has 1 aromatic rings. The smallest absolute Gasteiger partial charge is 0.345 e. The zero-order valence-electron chi connectivity index (χ0n) is 13.6. The predicted octanol–water partition coefficient (Wildman–Crippen LogP) is 2.77. The van der Waals surface area contributed by atoms with Gasteiger partial charge < -0.3 is 10.1 Å². The lowest BCUT2D eigenvalue weighted by molar-refractivity contribution is -0.137. The maximum absolute atomic E-state index is 13.4. The van der Waals surface area contributed by atoms with Crippen LogP contribution >= 0.6 is 11.6 Å². The zero-order valence-corrected chi connectivity index (χ0v) is 14.3. The Hall–Kier alpha value is -2.80. The van der Waals surface area contributed by atoms with Crippen LogP contribution in [0.25, 0.3) is 0 Å². The molecule has 1 N–H and O–H groups in total. The molecule has 8 heteroatoms. The molecule has 0 radical (unpaired) electrons. The lowest BCUT2D eigenvalue weighted by Gasteiger charge is -2.26. The van der Waals surface area contributed by atoms with Crippen molar-refractivity contribution < 1.29 is 23.1 Å². The Morgan fingerprint density at radius 2 is 1.96 bits per heavy atom. The highest BCUT2D eigenvalue weighted by Gasteiger charge is 2.35. The van der Waals surface area contributed by atoms with Gasteiger partial charge in [0.1, 0.15) is 17.2 Å². The van der Waals surface area contributed by atoms with Gasteiger partial charge in [0, 0.05) is 23.3 Å². The highest BCUT2D eigenvalue weighted by Crippen LogP contribution is 2.29. The fourth-order valence-corrected chi connectivity index (χ4v) is 2.95. The monoisotopic (exact) mass is 378 g/mol. The number of esters is 1. The van der Waals surface area contributed by atoms with E-state index in [4.69, 9.17) is 11.6 Å². The van der Waals surface area contributed by atoms with Gasteiger partial charge in [0.25, 0.3) is 5.91 Å². The van der Waals surface area contributed by atoms with Crippen molar-refractivity contribution in [1.82, 2.24) is 5.32 Å². The summed E-state index contributed by atoms with van der Waals surface area (Å²) in [5, 5.41) is 3.32. The van der Waals surface area contributed by atoms with E-state index in [0.717, 1.165) is 25.3 Å². The second-order valence-electron chi connectivity index (χ2n) is 5.62. The van der Waals surface area contributed by atoms with E-state index < -0.39 is 29.4 Å². The molecule has 1 aliphatic heterocycles. The summed E-state index contributed by atoms with van der Waals surface area (Å²) in [7, 11) is 1.14. The first-order valence-electron chi connectivity index (χ1n) is 7.58. The Labute approximate surface area is 152 Å². The van der Waals surface area contributed by atoms with E-state index in [2.05, 4.69) is 15.0 Å². The first-order valence-corrected chi connectivity index (χ1v) is 7.96. The molecule has 1 aliphatic carbocycles. The van der Waals surface area contributed by atoms with Crippen LogP contribution < -0.4 is 5.32 Å². The quantitative estimate of drug-likeness (QED) is 0.646. The van der Waals surface area contributed by atoms with Gasteiger partial charge >= 0.3 is 5.97 Å². The number of halogens is 3. The standard InChI is InChI=1S/C18H13ClF2N2O3/c1-26-18(25)15-16(22-8-9-4-11(20)7-12(21)5-9)13-6-10(19)2-3-14(13)23-17(15)24/h2-7,13,22H,8H2,1H3. The maximum Gasteiger partial charge on any atom is 0.345 e. The second kappa shape index (κ2) is 7.21. The number of ether oxygens (including phenoxy) is 1. The van der Waals surface area contributed by atoms with Crippen molar-refractivity contribution in [1.29, 1.82) is 0 Å². The largest absolute Gasteiger partial charge is 0.465 e. The van der Waals surface area contributed by atoms with Crippen LogP contribution in [0, 0.1) is 17.6 Å². The summed E-state index contributed by atoms with van der Waals surface area (Å²) in [5.41, 5.74) is 0.658. The molecule has 2 aliphatic rings. The number of hydrogen-bond acceptors (Lipinski definition) is 4. The van der Waals surface area contributed by atoms with E-state index in [1.54, 1.807) is 18.2 Å². The van der Waals surface area contributed by atoms with Gasteiger partial charge in [-0.25, -0.2) is 18.6 Å². The Bertz CT molecular complexity index is 899. The van der Waals surface area contributed by atoms with Crippen molar-refractivity contribution >= 4 is 29.2 Å². The number of benzene rings is 1. The number of amides is 1. The van der Waals surface area contributed by atoms with Crippen LogP contribution in [-0.4, -0.2) is 24.7 Å². The van der Waals surface area contributed by atoms with Crippen molar-refractivity contribution in [3.05, 3.63) is 69.9 Å². The van der Waals surface area contributed by atoms with Crippen LogP contribution in [0.5, 0.6) is 0 Å². The van der Waals surface area contributed by atoms with Crippen molar-refractivity contribution in [2.75, 3.05) is 7.11 Å². The highest BCUT2D eigenvalue weighted by atomic mass is 35.5. The first kappa shape index (κ1) is 18.0. The molecule has 1 atom stereocenters. The molecule has 0 spiro atoms. The van der Waals surface area contributed by atoms with Crippen LogP contribution in [0.3, 0.4) is 0 Å². The molecule has 134 valence electrons. The molecule has 0 saturated carbocycles. The Morgan fingerprint density at radius 3 is 2.62 bits per heavy atom. The average Bonchev–Trinajstić information content (AvgIpc) is 2.58. The molecule has 1 heterocycles. The summed E-state index contributed by atoms with van der Waals surface area (Å²) in [6.45, 7) is -0.0171. The number of rotatable bonds is 4. The van der Waals surface area contributed by atoms with E-state index in [9.17, 15) is 18.4 Å². The van der Waals surface area contributed by atoms with Crippen molar-refractivity contribution in [3.63, 3.8) is 0 Å². The maximum atomic E-state index is 13.4. The van der Waals surface area contributed by atoms with E-state index >= 15 is 0 Å². The van der Waals surface area contributed by atoms with Gasteiger partial charge in [-0.15, -0.1) is 0 Å². The van der Waals surface area contributed by atoms with Gasteiger partial charge in [-0.05, 0) is 29.8 Å². The molecule has 1 amide bonds. The molecule has 0 saturated heterocycles. The Kier molecular flexibility index (Phi) is 4.99. The molecular weight excluding hydrogens is 366 g/mol. The fraction of sp³-hybridized carbons (Fsp3) is 0.167. The number of carbonyl (C=O) groups is 2. The number of methoxy groups -OCH3 is 1. The van der Waals surface area contributed by atoms with Gasteiger partial charge in [-0.3, -0.25) is 4.79 Å². The van der Waals surface area contributed by atoms with Gasteiger partial charge in [0.05, 0.1) is 18.7 Å². The topological polar surface area (TPSA) is 67.8 Å². The molecule has 5 nitrogen and oxygen atoms in total. The number of fused-ring (bicyclic) bond motifs is 1. The molecule has 0 fully saturated rings. The van der Waals surface area contributed by atoms with Crippen molar-refractivity contribution in [2.24, 2.45) is 10.9 Å². The van der Waals surface area contributed by atoms with E-state index in [1.807, 2.05) is 0 Å². The average molecular weight is 379 g/mol. The Balaban J connectivity index is 1.98. The fourth-order valence-electron chi connectivity index (χ4n) is 2.76. The van der Waals surface area contributed by atoms with Crippen LogP contribution in [0.15, 0.2) is 57.7 Å². The van der Waals surface area contributed by atoms with Crippen LogP contribution in [0.4, 0.5) is 8.78 Å². The lowest BCUT2D eigenvalue weighted by atomic mass is 9.88. The van der Waals surface area contributed by atoms with Gasteiger partial charge in [-0.2, -0.15) is 0 Å². The van der Waals surface area contributed by atoms with Crippen molar-refractivity contribution in [2.45, 2.75) is 6.54 Å². The number of hydrogen-bond donors (Lipinski definition) is 1. The molecule has 1 unspecified atom stereocenters. The minimum Gasteiger partial charge on any atom is -0.465 e. The summed E-state index contributed by atoms with van der Waals surface area (Å²) in [6, 6.07) is 3.06. The zero-order chi connectivity index (χ0) is 18.8. The normalized spacial score (nSPS) is 18.9. The SMILES string of the molecule is COC(=O)C1=C(NCc2cc(F)cc(F)c2)C2C=C(Cl)C=CC2=NC1=O. The number of carbonyl (C=O) groups excluding carboxylic acids is 2. The number of aliphatic imine (C=N–C) groups is 1. The van der Waals surface area contributed by atoms with Gasteiger partial charge in [0.2, 0.25) is 0 Å². The minimum absolute atomic E-state index is 0.0171. The van der Waals surface area contributed by atoms with Gasteiger partial charge in [-0.1, -0.05) is 17.7 Å². The predicted molar refractivity (Wildman–Crippen MR) is 91.2 cm³/mol. The van der Waals surface area contributed by atoms with Crippen LogP contribution in [0.1, 0.15) is 5.56 Å².